The van der Waals surface area contributed by atoms with Gasteiger partial charge in [0, 0.05) is 12.3 Å². The van der Waals surface area contributed by atoms with Crippen LogP contribution in [0.2, 0.25) is 0 Å². The standard InChI is InChI=1S/C7H14N/c1-4-8(3)7-5-6(7)2/h6H,4-5H2,1-3H3/q+1. The van der Waals surface area contributed by atoms with E-state index in [1.165, 1.54) is 13.0 Å². The van der Waals surface area contributed by atoms with E-state index in [4.69, 9.17) is 0 Å². The average Bonchev–Trinajstić information content (AvgIpc) is 2.45. The van der Waals surface area contributed by atoms with Crippen LogP contribution in [0.25, 0.3) is 0 Å². The maximum Gasteiger partial charge on any atom is 0.156 e. The van der Waals surface area contributed by atoms with Gasteiger partial charge < -0.3 is 0 Å². The van der Waals surface area contributed by atoms with Crippen LogP contribution < -0.4 is 0 Å². The third kappa shape index (κ3) is 0.908. The summed E-state index contributed by atoms with van der Waals surface area (Å²) in [4.78, 5) is 0. The Morgan fingerprint density at radius 1 is 1.75 bits per heavy atom. The SMILES string of the molecule is CC[N+](C)=C1CC1C. The Morgan fingerprint density at radius 3 is 2.38 bits per heavy atom. The molecular weight excluding hydrogens is 98.1 g/mol. The summed E-state index contributed by atoms with van der Waals surface area (Å²) in [5.41, 5.74) is 1.63. The first-order valence-corrected chi connectivity index (χ1v) is 3.32. The minimum absolute atomic E-state index is 0.889. The van der Waals surface area contributed by atoms with Crippen LogP contribution in [0.3, 0.4) is 0 Å². The molecule has 1 heteroatoms. The van der Waals surface area contributed by atoms with Gasteiger partial charge in [-0.1, -0.05) is 6.92 Å². The maximum atomic E-state index is 2.34. The van der Waals surface area contributed by atoms with Crippen molar-refractivity contribution in [3.8, 4) is 0 Å². The molecule has 1 saturated carbocycles. The average molecular weight is 112 g/mol. The summed E-state index contributed by atoms with van der Waals surface area (Å²) < 4.78 is 2.34. The minimum atomic E-state index is 0.889. The third-order valence-electron chi connectivity index (χ3n) is 1.89. The van der Waals surface area contributed by atoms with Gasteiger partial charge in [0.25, 0.3) is 0 Å². The monoisotopic (exact) mass is 112 g/mol. The summed E-state index contributed by atoms with van der Waals surface area (Å²) in [6, 6.07) is 0. The minimum Gasteiger partial charge on any atom is -0.240 e. The van der Waals surface area contributed by atoms with Crippen molar-refractivity contribution in [2.24, 2.45) is 5.92 Å². The van der Waals surface area contributed by atoms with Gasteiger partial charge in [-0.25, -0.2) is 4.58 Å². The van der Waals surface area contributed by atoms with Crippen molar-refractivity contribution >= 4 is 5.71 Å². The van der Waals surface area contributed by atoms with Crippen LogP contribution in [-0.4, -0.2) is 23.9 Å². The highest BCUT2D eigenvalue weighted by Gasteiger charge is 2.34. The van der Waals surface area contributed by atoms with Crippen LogP contribution in [0.5, 0.6) is 0 Å². The lowest BCUT2D eigenvalue weighted by atomic mass is 10.5. The molecule has 0 saturated heterocycles. The zero-order valence-electron chi connectivity index (χ0n) is 5.94. The fourth-order valence-corrected chi connectivity index (χ4v) is 0.990. The van der Waals surface area contributed by atoms with Crippen molar-refractivity contribution in [1.29, 1.82) is 0 Å². The van der Waals surface area contributed by atoms with E-state index >= 15 is 0 Å². The van der Waals surface area contributed by atoms with Gasteiger partial charge in [0.05, 0.1) is 0 Å². The van der Waals surface area contributed by atoms with Crippen LogP contribution in [0.4, 0.5) is 0 Å². The lowest BCUT2D eigenvalue weighted by molar-refractivity contribution is -0.491. The molecule has 46 valence electrons. The van der Waals surface area contributed by atoms with Crippen molar-refractivity contribution in [3.05, 3.63) is 0 Å². The van der Waals surface area contributed by atoms with E-state index in [9.17, 15) is 0 Å². The molecule has 1 rings (SSSR count). The molecule has 0 amide bonds. The van der Waals surface area contributed by atoms with Crippen molar-refractivity contribution < 1.29 is 4.58 Å². The molecule has 0 N–H and O–H groups in total. The number of rotatable bonds is 1. The normalized spacial score (nSPS) is 32.6. The van der Waals surface area contributed by atoms with Gasteiger partial charge >= 0.3 is 0 Å². The van der Waals surface area contributed by atoms with Gasteiger partial charge in [0.2, 0.25) is 0 Å². The van der Waals surface area contributed by atoms with E-state index in [1.54, 1.807) is 5.71 Å². The topological polar surface area (TPSA) is 3.01 Å². The Hall–Kier alpha value is -0.330. The quantitative estimate of drug-likeness (QED) is 0.447. The summed E-state index contributed by atoms with van der Waals surface area (Å²) in [5.74, 6) is 0.889. The van der Waals surface area contributed by atoms with Gasteiger partial charge in [-0.05, 0) is 6.92 Å². The zero-order valence-corrected chi connectivity index (χ0v) is 5.94. The fourth-order valence-electron chi connectivity index (χ4n) is 0.990. The molecular formula is C7H14N+. The van der Waals surface area contributed by atoms with Gasteiger partial charge in [-0.15, -0.1) is 0 Å². The summed E-state index contributed by atoms with van der Waals surface area (Å²) in [6.45, 7) is 5.64. The molecule has 1 atom stereocenters. The molecule has 0 aromatic rings. The fraction of sp³-hybridized carbons (Fsp3) is 0.857. The zero-order chi connectivity index (χ0) is 6.15. The Morgan fingerprint density at radius 2 is 2.25 bits per heavy atom. The van der Waals surface area contributed by atoms with Gasteiger partial charge in [-0.3, -0.25) is 0 Å². The van der Waals surface area contributed by atoms with E-state index < -0.39 is 0 Å². The van der Waals surface area contributed by atoms with Crippen LogP contribution >= 0.6 is 0 Å². The molecule has 1 fully saturated rings. The summed E-state index contributed by atoms with van der Waals surface area (Å²) >= 11 is 0. The Labute approximate surface area is 51.0 Å². The molecule has 0 aromatic carbocycles. The highest BCUT2D eigenvalue weighted by molar-refractivity contribution is 5.96. The molecule has 1 nitrogen and oxygen atoms in total. The highest BCUT2D eigenvalue weighted by Crippen LogP contribution is 2.23. The van der Waals surface area contributed by atoms with Crippen molar-refractivity contribution in [1.82, 2.24) is 0 Å². The van der Waals surface area contributed by atoms with Crippen molar-refractivity contribution in [2.75, 3.05) is 13.6 Å². The number of hydrogen-bond acceptors (Lipinski definition) is 0. The Bertz CT molecular complexity index is 120. The molecule has 8 heavy (non-hydrogen) atoms. The Kier molecular flexibility index (Phi) is 1.37. The predicted molar refractivity (Wildman–Crippen MR) is 35.5 cm³/mol. The van der Waals surface area contributed by atoms with Gasteiger partial charge in [0.1, 0.15) is 13.6 Å². The summed E-state index contributed by atoms with van der Waals surface area (Å²) in [6.07, 6.45) is 1.34. The van der Waals surface area contributed by atoms with Crippen molar-refractivity contribution in [2.45, 2.75) is 20.3 Å². The van der Waals surface area contributed by atoms with E-state index in [-0.39, 0.29) is 0 Å². The van der Waals surface area contributed by atoms with E-state index in [0.29, 0.717) is 0 Å². The van der Waals surface area contributed by atoms with Crippen molar-refractivity contribution in [3.63, 3.8) is 0 Å². The molecule has 0 bridgehead atoms. The van der Waals surface area contributed by atoms with Gasteiger partial charge in [0.15, 0.2) is 5.71 Å². The predicted octanol–water partition coefficient (Wildman–Crippen LogP) is 1.13. The summed E-state index contributed by atoms with van der Waals surface area (Å²) in [7, 11) is 2.17. The largest absolute Gasteiger partial charge is 0.240 e. The molecule has 1 aliphatic rings. The van der Waals surface area contributed by atoms with Crippen LogP contribution in [0.1, 0.15) is 20.3 Å². The van der Waals surface area contributed by atoms with Crippen LogP contribution in [-0.2, 0) is 0 Å². The summed E-state index contributed by atoms with van der Waals surface area (Å²) in [5, 5.41) is 0. The van der Waals surface area contributed by atoms with Crippen LogP contribution in [0, 0.1) is 5.92 Å². The Balaban J connectivity index is 2.53. The van der Waals surface area contributed by atoms with Gasteiger partial charge in [-0.2, -0.15) is 0 Å². The highest BCUT2D eigenvalue weighted by atomic mass is 15.0. The van der Waals surface area contributed by atoms with Crippen LogP contribution in [0.15, 0.2) is 0 Å². The third-order valence-corrected chi connectivity index (χ3v) is 1.89. The second-order valence-corrected chi connectivity index (χ2v) is 2.61. The molecule has 0 radical (unpaired) electrons. The number of nitrogens with zero attached hydrogens (tertiary/aromatic N) is 1. The molecule has 0 aliphatic heterocycles. The molecule has 0 spiro atoms. The smallest absolute Gasteiger partial charge is 0.156 e. The molecule has 1 aliphatic carbocycles. The second-order valence-electron chi connectivity index (χ2n) is 2.61. The van der Waals surface area contributed by atoms with E-state index in [1.807, 2.05) is 0 Å². The molecule has 0 aromatic heterocycles. The first kappa shape index (κ1) is 5.80. The lowest BCUT2D eigenvalue weighted by Gasteiger charge is -1.85. The first-order valence-electron chi connectivity index (χ1n) is 3.32. The molecule has 1 unspecified atom stereocenters. The lowest BCUT2D eigenvalue weighted by Crippen LogP contribution is -2.06. The second kappa shape index (κ2) is 1.88. The number of hydrogen-bond donors (Lipinski definition) is 0. The maximum absolute atomic E-state index is 2.34. The van der Waals surface area contributed by atoms with E-state index in [2.05, 4.69) is 25.5 Å². The molecule has 0 heterocycles. The first-order chi connectivity index (χ1) is 3.75. The van der Waals surface area contributed by atoms with E-state index in [0.717, 1.165) is 5.92 Å².